The number of hydrogen-bond acceptors (Lipinski definition) is 5. The van der Waals surface area contributed by atoms with Crippen molar-refractivity contribution < 1.29 is 19.1 Å². The molecule has 0 N–H and O–H groups in total. The number of hydrogen-bond donors (Lipinski definition) is 0. The molecule has 1 atom stereocenters. The van der Waals surface area contributed by atoms with Crippen LogP contribution in [0.2, 0.25) is 0 Å². The Labute approximate surface area is 111 Å². The van der Waals surface area contributed by atoms with Gasteiger partial charge in [-0.25, -0.2) is 4.79 Å². The van der Waals surface area contributed by atoms with Gasteiger partial charge in [-0.1, -0.05) is 0 Å². The molecule has 104 valence electrons. The lowest BCUT2D eigenvalue weighted by atomic mass is 10.1. The average molecular weight is 267 g/mol. The highest BCUT2D eigenvalue weighted by Gasteiger charge is 2.41. The fraction of sp³-hybridized carbons (Fsp3) is 0.667. The van der Waals surface area contributed by atoms with Crippen LogP contribution < -0.4 is 0 Å². The molecule has 2 rings (SSSR count). The van der Waals surface area contributed by atoms with Crippen molar-refractivity contribution >= 4 is 24.1 Å². The van der Waals surface area contributed by atoms with E-state index in [9.17, 15) is 14.4 Å². The molecule has 0 aliphatic carbocycles. The molecule has 7 heteroatoms. The normalized spacial score (nSPS) is 26.0. The Morgan fingerprint density at radius 1 is 1.26 bits per heavy atom. The third kappa shape index (κ3) is 2.65. The second kappa shape index (κ2) is 5.48. The van der Waals surface area contributed by atoms with Gasteiger partial charge in [-0.05, 0) is 12.8 Å². The van der Waals surface area contributed by atoms with Gasteiger partial charge in [0.15, 0.2) is 5.92 Å². The van der Waals surface area contributed by atoms with E-state index in [1.54, 1.807) is 0 Å². The number of carbonyl (C=O) groups excluding carboxylic acids is 3. The first-order valence-electron chi connectivity index (χ1n) is 6.23. The van der Waals surface area contributed by atoms with Crippen molar-refractivity contribution in [3.05, 3.63) is 0 Å². The molecule has 0 aromatic rings. The summed E-state index contributed by atoms with van der Waals surface area (Å²) in [5, 5.41) is 0. The van der Waals surface area contributed by atoms with Crippen molar-refractivity contribution in [2.45, 2.75) is 18.9 Å². The zero-order valence-electron chi connectivity index (χ0n) is 11.0. The first-order chi connectivity index (χ1) is 9.02. The third-order valence-electron chi connectivity index (χ3n) is 3.35. The summed E-state index contributed by atoms with van der Waals surface area (Å²) in [5.74, 6) is -2.08. The highest BCUT2D eigenvalue weighted by molar-refractivity contribution is 6.23. The summed E-state index contributed by atoms with van der Waals surface area (Å²) < 4.78 is 5.40. The van der Waals surface area contributed by atoms with Crippen LogP contribution in [-0.2, 0) is 14.3 Å². The maximum atomic E-state index is 11.9. The summed E-state index contributed by atoms with van der Waals surface area (Å²) in [4.78, 5) is 41.2. The topological polar surface area (TPSA) is 79.3 Å². The Morgan fingerprint density at radius 2 is 1.89 bits per heavy atom. The first-order valence-corrected chi connectivity index (χ1v) is 6.23. The number of rotatable bonds is 3. The van der Waals surface area contributed by atoms with E-state index < -0.39 is 23.8 Å². The molecule has 0 saturated carbocycles. The van der Waals surface area contributed by atoms with Crippen LogP contribution in [0, 0.1) is 5.92 Å². The molecule has 2 saturated heterocycles. The van der Waals surface area contributed by atoms with Gasteiger partial charge in [0, 0.05) is 26.9 Å². The summed E-state index contributed by atoms with van der Waals surface area (Å²) in [6.07, 6.45) is 3.36. The van der Waals surface area contributed by atoms with E-state index in [0.717, 1.165) is 29.2 Å². The molecule has 19 heavy (non-hydrogen) atoms. The van der Waals surface area contributed by atoms with E-state index in [1.807, 2.05) is 0 Å². The Hall–Kier alpha value is -1.76. The predicted octanol–water partition coefficient (Wildman–Crippen LogP) is -0.0972. The van der Waals surface area contributed by atoms with E-state index in [2.05, 4.69) is 4.99 Å². The van der Waals surface area contributed by atoms with Gasteiger partial charge in [0.05, 0.1) is 12.6 Å². The van der Waals surface area contributed by atoms with E-state index in [-0.39, 0.29) is 6.10 Å². The van der Waals surface area contributed by atoms with Gasteiger partial charge < -0.3 is 4.74 Å². The number of barbiturate groups is 1. The fourth-order valence-electron chi connectivity index (χ4n) is 2.14. The molecule has 2 aliphatic rings. The zero-order chi connectivity index (χ0) is 14.0. The molecule has 0 radical (unpaired) electrons. The molecule has 0 bridgehead atoms. The Bertz CT molecular complexity index is 405. The molecule has 0 aromatic heterocycles. The SMILES string of the molecule is CN1C(=O)C(C=NC[C@H]2CCCO2)C(=O)N(C)C1=O. The minimum Gasteiger partial charge on any atom is -0.376 e. The van der Waals surface area contributed by atoms with E-state index >= 15 is 0 Å². The number of amides is 4. The zero-order valence-corrected chi connectivity index (χ0v) is 11.0. The van der Waals surface area contributed by atoms with Crippen LogP contribution in [-0.4, -0.2) is 67.2 Å². The maximum absolute atomic E-state index is 11.9. The second-order valence-corrected chi connectivity index (χ2v) is 4.70. The number of ether oxygens (including phenoxy) is 1. The smallest absolute Gasteiger partial charge is 0.332 e. The summed E-state index contributed by atoms with van der Waals surface area (Å²) in [7, 11) is 2.71. The molecule has 7 nitrogen and oxygen atoms in total. The van der Waals surface area contributed by atoms with Crippen molar-refractivity contribution in [3.8, 4) is 0 Å². The molecule has 2 fully saturated rings. The standard InChI is InChI=1S/C12H17N3O4/c1-14-10(16)9(11(17)15(2)12(14)18)7-13-6-8-4-3-5-19-8/h7-9H,3-6H2,1-2H3/t8-/m1/s1. The number of urea groups is 1. The van der Waals surface area contributed by atoms with E-state index in [0.29, 0.717) is 6.54 Å². The Kier molecular flexibility index (Phi) is 3.94. The molecule has 2 aliphatic heterocycles. The van der Waals surface area contributed by atoms with Crippen molar-refractivity contribution in [1.29, 1.82) is 0 Å². The Balaban J connectivity index is 2.01. The number of imide groups is 2. The van der Waals surface area contributed by atoms with Crippen LogP contribution in [0.25, 0.3) is 0 Å². The first kappa shape index (κ1) is 13.7. The quantitative estimate of drug-likeness (QED) is 0.528. The van der Waals surface area contributed by atoms with Gasteiger partial charge in [0.2, 0.25) is 11.8 Å². The van der Waals surface area contributed by atoms with Gasteiger partial charge in [0.25, 0.3) is 0 Å². The second-order valence-electron chi connectivity index (χ2n) is 4.70. The number of aliphatic imine (C=N–C) groups is 1. The van der Waals surface area contributed by atoms with Crippen molar-refractivity contribution in [1.82, 2.24) is 9.80 Å². The largest absolute Gasteiger partial charge is 0.376 e. The predicted molar refractivity (Wildman–Crippen MR) is 66.8 cm³/mol. The molecular formula is C12H17N3O4. The molecule has 4 amide bonds. The lowest BCUT2D eigenvalue weighted by molar-refractivity contribution is -0.144. The molecule has 0 spiro atoms. The van der Waals surface area contributed by atoms with Gasteiger partial charge in [0.1, 0.15) is 0 Å². The summed E-state index contributed by atoms with van der Waals surface area (Å²) in [6, 6.07) is -0.612. The van der Waals surface area contributed by atoms with Gasteiger partial charge >= 0.3 is 6.03 Å². The minimum atomic E-state index is -1.01. The van der Waals surface area contributed by atoms with Crippen LogP contribution >= 0.6 is 0 Å². The van der Waals surface area contributed by atoms with Crippen LogP contribution in [0.1, 0.15) is 12.8 Å². The number of nitrogens with zero attached hydrogens (tertiary/aromatic N) is 3. The van der Waals surface area contributed by atoms with Crippen molar-refractivity contribution in [2.75, 3.05) is 27.2 Å². The lowest BCUT2D eigenvalue weighted by Gasteiger charge is -2.31. The van der Waals surface area contributed by atoms with E-state index in [1.165, 1.54) is 20.3 Å². The summed E-state index contributed by atoms with van der Waals surface area (Å²) >= 11 is 0. The highest BCUT2D eigenvalue weighted by Crippen LogP contribution is 2.15. The van der Waals surface area contributed by atoms with Crippen LogP contribution in [0.15, 0.2) is 4.99 Å². The van der Waals surface area contributed by atoms with Crippen LogP contribution in [0.5, 0.6) is 0 Å². The van der Waals surface area contributed by atoms with Gasteiger partial charge in [-0.3, -0.25) is 24.4 Å². The number of carbonyl (C=O) groups is 3. The molecule has 0 aromatic carbocycles. The minimum absolute atomic E-state index is 0.0714. The van der Waals surface area contributed by atoms with Crippen molar-refractivity contribution in [3.63, 3.8) is 0 Å². The summed E-state index contributed by atoms with van der Waals surface area (Å²) in [6.45, 7) is 1.18. The third-order valence-corrected chi connectivity index (χ3v) is 3.35. The molecule has 2 heterocycles. The summed E-state index contributed by atoms with van der Waals surface area (Å²) in [5.41, 5.74) is 0. The maximum Gasteiger partial charge on any atom is 0.332 e. The monoisotopic (exact) mass is 267 g/mol. The fourth-order valence-corrected chi connectivity index (χ4v) is 2.14. The Morgan fingerprint density at radius 3 is 2.42 bits per heavy atom. The van der Waals surface area contributed by atoms with Gasteiger partial charge in [-0.2, -0.15) is 0 Å². The van der Waals surface area contributed by atoms with Crippen molar-refractivity contribution in [2.24, 2.45) is 10.9 Å². The average Bonchev–Trinajstić information content (AvgIpc) is 2.91. The van der Waals surface area contributed by atoms with Crippen LogP contribution in [0.4, 0.5) is 4.79 Å². The highest BCUT2D eigenvalue weighted by atomic mass is 16.5. The van der Waals surface area contributed by atoms with Gasteiger partial charge in [-0.15, -0.1) is 0 Å². The van der Waals surface area contributed by atoms with E-state index in [4.69, 9.17) is 4.74 Å². The molecular weight excluding hydrogens is 250 g/mol. The lowest BCUT2D eigenvalue weighted by Crippen LogP contribution is -2.57. The van der Waals surface area contributed by atoms with Crippen LogP contribution in [0.3, 0.4) is 0 Å². The molecule has 0 unspecified atom stereocenters.